The van der Waals surface area contributed by atoms with Crippen LogP contribution in [-0.2, 0) is 32.0 Å². The molecule has 4 rings (SSSR count). The van der Waals surface area contributed by atoms with Gasteiger partial charge in [0.25, 0.3) is 0 Å². The summed E-state index contributed by atoms with van der Waals surface area (Å²) in [6.45, 7) is 4.83. The molecule has 0 spiro atoms. The maximum Gasteiger partial charge on any atom is 0.323 e. The number of hydrogen-bond acceptors (Lipinski definition) is 6. The van der Waals surface area contributed by atoms with Gasteiger partial charge in [0.2, 0.25) is 0 Å². The number of hydrogen-bond donors (Lipinski definition) is 1. The summed E-state index contributed by atoms with van der Waals surface area (Å²) in [7, 11) is 0. The second kappa shape index (κ2) is 14.4. The molecule has 2 aliphatic carbocycles. The molecule has 208 valence electrons. The lowest BCUT2D eigenvalue weighted by atomic mass is 10.0. The van der Waals surface area contributed by atoms with E-state index in [1.807, 2.05) is 6.20 Å². The molecule has 9 heteroatoms. The van der Waals surface area contributed by atoms with Crippen LogP contribution in [0.2, 0.25) is 0 Å². The molecule has 0 saturated heterocycles. The predicted octanol–water partition coefficient (Wildman–Crippen LogP) is 6.03. The zero-order chi connectivity index (χ0) is 27.1. The Bertz CT molecular complexity index is 1060. The van der Waals surface area contributed by atoms with Crippen LogP contribution in [0.1, 0.15) is 82.9 Å². The molecule has 2 fully saturated rings. The molecule has 1 aromatic heterocycles. The number of nitrogens with one attached hydrogen (secondary N) is 1. The Labute approximate surface area is 253 Å². The van der Waals surface area contributed by atoms with E-state index >= 15 is 0 Å². The Balaban J connectivity index is 1.52. The van der Waals surface area contributed by atoms with E-state index < -0.39 is 12.1 Å². The highest BCUT2D eigenvalue weighted by Gasteiger charge is 2.33. The minimum absolute atomic E-state index is 0.0132. The highest BCUT2D eigenvalue weighted by molar-refractivity contribution is 14.1. The van der Waals surface area contributed by atoms with Crippen molar-refractivity contribution in [1.29, 1.82) is 0 Å². The van der Waals surface area contributed by atoms with Gasteiger partial charge < -0.3 is 14.0 Å². The lowest BCUT2D eigenvalue weighted by Crippen LogP contribution is -2.51. The third-order valence-electron chi connectivity index (χ3n) is 7.34. The largest absolute Gasteiger partial charge is 0.461 e. The number of carbonyl (C=O) groups is 2. The third-order valence-corrected chi connectivity index (χ3v) is 8.58. The standard InChI is InChI=1S/C29H39I2N3O4/c1-19(2)11-26(28(35)37-24-7-3-4-8-24)33-27(29(36)38-25-9-5-6-10-25)15-23-16-32-18-34(23)17-20-12-21(30)14-22(31)13-20/h12-14,16,18-19,24-27,33H,3-11,15,17H2,1-2H3. The summed E-state index contributed by atoms with van der Waals surface area (Å²) in [5.41, 5.74) is 2.10. The first-order valence-electron chi connectivity index (χ1n) is 13.9. The van der Waals surface area contributed by atoms with E-state index in [1.165, 1.54) is 12.7 Å². The molecule has 1 aromatic carbocycles. The average molecular weight is 747 g/mol. The molecule has 2 unspecified atom stereocenters. The molecule has 1 heterocycles. The molecule has 7 nitrogen and oxygen atoms in total. The van der Waals surface area contributed by atoms with Crippen molar-refractivity contribution in [2.45, 2.75) is 109 Å². The molecular formula is C29H39I2N3O4. The van der Waals surface area contributed by atoms with E-state index in [-0.39, 0.29) is 30.1 Å². The van der Waals surface area contributed by atoms with E-state index in [4.69, 9.17) is 9.47 Å². The van der Waals surface area contributed by atoms with Crippen molar-refractivity contribution in [1.82, 2.24) is 14.9 Å². The molecule has 2 aliphatic rings. The van der Waals surface area contributed by atoms with Gasteiger partial charge in [-0.25, -0.2) is 4.98 Å². The van der Waals surface area contributed by atoms with Gasteiger partial charge in [-0.1, -0.05) is 13.8 Å². The number of nitrogens with zero attached hydrogens (tertiary/aromatic N) is 2. The molecule has 2 aromatic rings. The van der Waals surface area contributed by atoms with Crippen LogP contribution in [0.4, 0.5) is 0 Å². The zero-order valence-electron chi connectivity index (χ0n) is 22.3. The molecule has 0 amide bonds. The minimum atomic E-state index is -0.665. The maximum absolute atomic E-state index is 13.5. The summed E-state index contributed by atoms with van der Waals surface area (Å²) in [5, 5.41) is 3.39. The van der Waals surface area contributed by atoms with Crippen molar-refractivity contribution in [2.24, 2.45) is 5.92 Å². The van der Waals surface area contributed by atoms with Gasteiger partial charge in [0.15, 0.2) is 0 Å². The first kappa shape index (κ1) is 29.8. The summed E-state index contributed by atoms with van der Waals surface area (Å²) in [4.78, 5) is 31.2. The third kappa shape index (κ3) is 8.90. The van der Waals surface area contributed by atoms with Gasteiger partial charge >= 0.3 is 11.9 Å². The van der Waals surface area contributed by atoms with E-state index in [9.17, 15) is 9.59 Å². The first-order chi connectivity index (χ1) is 18.3. The monoisotopic (exact) mass is 747 g/mol. The number of esters is 2. The van der Waals surface area contributed by atoms with Gasteiger partial charge in [-0.05, 0) is 133 Å². The molecule has 0 aliphatic heterocycles. The number of carbonyl (C=O) groups excluding carboxylic acids is 2. The van der Waals surface area contributed by atoms with Crippen LogP contribution in [0.5, 0.6) is 0 Å². The smallest absolute Gasteiger partial charge is 0.323 e. The number of rotatable bonds is 12. The second-order valence-corrected chi connectivity index (χ2v) is 13.6. The lowest BCUT2D eigenvalue weighted by molar-refractivity contribution is -0.155. The Kier molecular flexibility index (Phi) is 11.3. The normalized spacial score (nSPS) is 18.1. The summed E-state index contributed by atoms with van der Waals surface area (Å²) in [5.74, 6) is -0.286. The molecule has 0 radical (unpaired) electrons. The molecular weight excluding hydrogens is 708 g/mol. The minimum Gasteiger partial charge on any atom is -0.461 e. The van der Waals surface area contributed by atoms with Crippen LogP contribution in [0, 0.1) is 13.1 Å². The van der Waals surface area contributed by atoms with Crippen LogP contribution in [0.3, 0.4) is 0 Å². The Morgan fingerprint density at radius 1 is 0.947 bits per heavy atom. The average Bonchev–Trinajstić information content (AvgIpc) is 3.62. The van der Waals surface area contributed by atoms with Crippen molar-refractivity contribution in [3.63, 3.8) is 0 Å². The van der Waals surface area contributed by atoms with E-state index in [2.05, 4.69) is 92.1 Å². The Hall–Kier alpha value is -1.21. The summed E-state index contributed by atoms with van der Waals surface area (Å²) in [6, 6.07) is 5.23. The van der Waals surface area contributed by atoms with Crippen LogP contribution >= 0.6 is 45.2 Å². The topological polar surface area (TPSA) is 82.5 Å². The van der Waals surface area contributed by atoms with Crippen LogP contribution in [-0.4, -0.2) is 45.8 Å². The Morgan fingerprint density at radius 3 is 2.05 bits per heavy atom. The van der Waals surface area contributed by atoms with E-state index in [1.54, 1.807) is 6.33 Å². The lowest BCUT2D eigenvalue weighted by Gasteiger charge is -2.27. The summed E-state index contributed by atoms with van der Waals surface area (Å²) in [6.07, 6.45) is 12.6. The molecule has 1 N–H and O–H groups in total. The van der Waals surface area contributed by atoms with Gasteiger partial charge in [-0.2, -0.15) is 0 Å². The predicted molar refractivity (Wildman–Crippen MR) is 164 cm³/mol. The van der Waals surface area contributed by atoms with Crippen LogP contribution < -0.4 is 5.32 Å². The van der Waals surface area contributed by atoms with Crippen molar-refractivity contribution >= 4 is 57.1 Å². The number of imidazole rings is 1. The molecule has 0 bridgehead atoms. The van der Waals surface area contributed by atoms with Crippen molar-refractivity contribution in [2.75, 3.05) is 0 Å². The molecule has 2 saturated carbocycles. The number of aromatic nitrogens is 2. The second-order valence-electron chi connectivity index (χ2n) is 11.1. The van der Waals surface area contributed by atoms with Gasteiger partial charge in [-0.15, -0.1) is 0 Å². The molecule has 38 heavy (non-hydrogen) atoms. The molecule has 2 atom stereocenters. The quantitative estimate of drug-likeness (QED) is 0.211. The van der Waals surface area contributed by atoms with Crippen molar-refractivity contribution < 1.29 is 19.1 Å². The highest BCUT2D eigenvalue weighted by Crippen LogP contribution is 2.24. The van der Waals surface area contributed by atoms with Gasteiger partial charge in [0.1, 0.15) is 24.3 Å². The summed E-state index contributed by atoms with van der Waals surface area (Å²) < 4.78 is 16.3. The van der Waals surface area contributed by atoms with Crippen LogP contribution in [0.15, 0.2) is 30.7 Å². The van der Waals surface area contributed by atoms with Crippen molar-refractivity contribution in [3.8, 4) is 0 Å². The number of ether oxygens (including phenoxy) is 2. The van der Waals surface area contributed by atoms with Crippen molar-refractivity contribution in [3.05, 3.63) is 49.1 Å². The first-order valence-corrected chi connectivity index (χ1v) is 16.0. The van der Waals surface area contributed by atoms with Gasteiger partial charge in [0, 0.05) is 32.0 Å². The van der Waals surface area contributed by atoms with E-state index in [0.717, 1.165) is 57.1 Å². The fourth-order valence-electron chi connectivity index (χ4n) is 5.43. The fraction of sp³-hybridized carbons (Fsp3) is 0.621. The fourth-order valence-corrected chi connectivity index (χ4v) is 7.50. The van der Waals surface area contributed by atoms with Crippen LogP contribution in [0.25, 0.3) is 0 Å². The maximum atomic E-state index is 13.5. The number of halogens is 2. The number of benzene rings is 1. The van der Waals surface area contributed by atoms with Gasteiger partial charge in [0.05, 0.1) is 6.33 Å². The Morgan fingerprint density at radius 2 is 1.50 bits per heavy atom. The highest BCUT2D eigenvalue weighted by atomic mass is 127. The summed E-state index contributed by atoms with van der Waals surface area (Å²) >= 11 is 4.67. The van der Waals surface area contributed by atoms with E-state index in [0.29, 0.717) is 19.4 Å². The zero-order valence-corrected chi connectivity index (χ0v) is 26.7. The van der Waals surface area contributed by atoms with Gasteiger partial charge in [-0.3, -0.25) is 14.9 Å². The SMILES string of the molecule is CC(C)CC(NC(Cc1cncn1Cc1cc(I)cc(I)c1)C(=O)OC1CCCC1)C(=O)OC1CCCC1.